The molecule has 1 aliphatic carbocycles. The Hall–Kier alpha value is -1.23. The highest BCUT2D eigenvalue weighted by molar-refractivity contribution is 5.30. The number of halogens is 3. The van der Waals surface area contributed by atoms with Crippen molar-refractivity contribution in [2.24, 2.45) is 11.3 Å². The standard InChI is InChI=1S/C15H19F3O2/c1-14(2)8-4-7-12(14)13(19)10-5-3-6-11(9-10)20-15(16,17)18/h3,5-6,9,12-13,19H,4,7-8H2,1-2H3. The van der Waals surface area contributed by atoms with Crippen LogP contribution in [0.2, 0.25) is 0 Å². The monoisotopic (exact) mass is 288 g/mol. The van der Waals surface area contributed by atoms with Crippen LogP contribution in [0.1, 0.15) is 44.8 Å². The number of benzene rings is 1. The molecule has 0 saturated heterocycles. The number of rotatable bonds is 3. The lowest BCUT2D eigenvalue weighted by molar-refractivity contribution is -0.274. The van der Waals surface area contributed by atoms with Crippen molar-refractivity contribution in [3.63, 3.8) is 0 Å². The summed E-state index contributed by atoms with van der Waals surface area (Å²) in [5.74, 6) is -0.228. The maximum atomic E-state index is 12.2. The molecule has 0 amide bonds. The van der Waals surface area contributed by atoms with Crippen LogP contribution in [-0.4, -0.2) is 11.5 Å². The summed E-state index contributed by atoms with van der Waals surface area (Å²) < 4.78 is 40.5. The van der Waals surface area contributed by atoms with Crippen LogP contribution in [-0.2, 0) is 0 Å². The van der Waals surface area contributed by atoms with Crippen molar-refractivity contribution in [1.82, 2.24) is 0 Å². The van der Waals surface area contributed by atoms with Gasteiger partial charge in [0.05, 0.1) is 6.10 Å². The van der Waals surface area contributed by atoms with Gasteiger partial charge in [-0.15, -0.1) is 13.2 Å². The molecule has 1 aliphatic rings. The van der Waals surface area contributed by atoms with Crippen LogP contribution < -0.4 is 4.74 Å². The fourth-order valence-electron chi connectivity index (χ4n) is 3.07. The second-order valence-corrected chi connectivity index (χ2v) is 6.05. The maximum absolute atomic E-state index is 12.2. The molecule has 0 aliphatic heterocycles. The summed E-state index contributed by atoms with van der Waals surface area (Å²) in [7, 11) is 0. The molecule has 1 N–H and O–H groups in total. The van der Waals surface area contributed by atoms with Gasteiger partial charge in [0.15, 0.2) is 0 Å². The molecule has 2 nitrogen and oxygen atoms in total. The normalized spacial score (nSPS) is 23.6. The van der Waals surface area contributed by atoms with E-state index in [9.17, 15) is 18.3 Å². The van der Waals surface area contributed by atoms with Gasteiger partial charge in [0, 0.05) is 0 Å². The number of aliphatic hydroxyl groups is 1. The zero-order chi connectivity index (χ0) is 15.0. The van der Waals surface area contributed by atoms with Crippen molar-refractivity contribution in [1.29, 1.82) is 0 Å². The van der Waals surface area contributed by atoms with E-state index in [4.69, 9.17) is 0 Å². The van der Waals surface area contributed by atoms with E-state index in [1.165, 1.54) is 18.2 Å². The zero-order valence-electron chi connectivity index (χ0n) is 11.6. The smallest absolute Gasteiger partial charge is 0.406 e. The molecule has 0 heterocycles. The predicted molar refractivity (Wildman–Crippen MR) is 69.2 cm³/mol. The molecule has 0 aromatic heterocycles. The molecule has 1 fully saturated rings. The second-order valence-electron chi connectivity index (χ2n) is 6.05. The van der Waals surface area contributed by atoms with Crippen LogP contribution in [0, 0.1) is 11.3 Å². The van der Waals surface area contributed by atoms with Gasteiger partial charge in [-0.05, 0) is 41.9 Å². The minimum Gasteiger partial charge on any atom is -0.406 e. The van der Waals surface area contributed by atoms with Gasteiger partial charge in [-0.25, -0.2) is 0 Å². The summed E-state index contributed by atoms with van der Waals surface area (Å²) in [5.41, 5.74) is 0.479. The zero-order valence-corrected chi connectivity index (χ0v) is 11.6. The first kappa shape index (κ1) is 15.2. The van der Waals surface area contributed by atoms with Crippen LogP contribution in [0.5, 0.6) is 5.75 Å². The highest BCUT2D eigenvalue weighted by Gasteiger charge is 2.39. The Labute approximate surface area is 116 Å². The summed E-state index contributed by atoms with van der Waals surface area (Å²) in [5, 5.41) is 10.4. The number of alkyl halides is 3. The van der Waals surface area contributed by atoms with E-state index in [0.717, 1.165) is 19.3 Å². The number of hydrogen-bond donors (Lipinski definition) is 1. The molecule has 112 valence electrons. The molecular formula is C15H19F3O2. The second kappa shape index (κ2) is 5.28. The van der Waals surface area contributed by atoms with Crippen molar-refractivity contribution in [3.05, 3.63) is 29.8 Å². The van der Waals surface area contributed by atoms with Crippen molar-refractivity contribution < 1.29 is 23.0 Å². The van der Waals surface area contributed by atoms with Crippen LogP contribution >= 0.6 is 0 Å². The van der Waals surface area contributed by atoms with E-state index < -0.39 is 12.5 Å². The van der Waals surface area contributed by atoms with E-state index in [-0.39, 0.29) is 17.1 Å². The van der Waals surface area contributed by atoms with E-state index >= 15 is 0 Å². The molecule has 0 spiro atoms. The van der Waals surface area contributed by atoms with Crippen LogP contribution in [0.25, 0.3) is 0 Å². The highest BCUT2D eigenvalue weighted by Crippen LogP contribution is 2.48. The third-order valence-electron chi connectivity index (χ3n) is 4.15. The molecule has 1 saturated carbocycles. The minimum absolute atomic E-state index is 0.000303. The Bertz CT molecular complexity index is 468. The van der Waals surface area contributed by atoms with Gasteiger partial charge in [0.2, 0.25) is 0 Å². The molecule has 2 unspecified atom stereocenters. The Morgan fingerprint density at radius 3 is 2.60 bits per heavy atom. The SMILES string of the molecule is CC1(C)CCCC1C(O)c1cccc(OC(F)(F)F)c1. The third kappa shape index (κ3) is 3.45. The largest absolute Gasteiger partial charge is 0.573 e. The van der Waals surface area contributed by atoms with Crippen molar-refractivity contribution in [2.45, 2.75) is 45.6 Å². The average Bonchev–Trinajstić information content (AvgIpc) is 2.66. The van der Waals surface area contributed by atoms with Crippen molar-refractivity contribution in [3.8, 4) is 5.75 Å². The third-order valence-corrected chi connectivity index (χ3v) is 4.15. The van der Waals surface area contributed by atoms with Gasteiger partial charge in [-0.1, -0.05) is 32.4 Å². The number of aliphatic hydroxyl groups excluding tert-OH is 1. The van der Waals surface area contributed by atoms with Gasteiger partial charge in [0.25, 0.3) is 0 Å². The van der Waals surface area contributed by atoms with Gasteiger partial charge in [-0.3, -0.25) is 0 Å². The Balaban J connectivity index is 2.18. The summed E-state index contributed by atoms with van der Waals surface area (Å²) in [6.07, 6.45) is -2.53. The molecule has 0 radical (unpaired) electrons. The molecule has 2 rings (SSSR count). The number of hydrogen-bond acceptors (Lipinski definition) is 2. The van der Waals surface area contributed by atoms with Crippen molar-refractivity contribution in [2.75, 3.05) is 0 Å². The molecular weight excluding hydrogens is 269 g/mol. The lowest BCUT2D eigenvalue weighted by atomic mass is 9.77. The molecule has 1 aromatic carbocycles. The van der Waals surface area contributed by atoms with Gasteiger partial charge in [0.1, 0.15) is 5.75 Å². The fraction of sp³-hybridized carbons (Fsp3) is 0.600. The maximum Gasteiger partial charge on any atom is 0.573 e. The Morgan fingerprint density at radius 2 is 2.05 bits per heavy atom. The van der Waals surface area contributed by atoms with Crippen molar-refractivity contribution >= 4 is 0 Å². The van der Waals surface area contributed by atoms with Gasteiger partial charge < -0.3 is 9.84 Å². The molecule has 5 heteroatoms. The van der Waals surface area contributed by atoms with E-state index in [0.29, 0.717) is 5.56 Å². The van der Waals surface area contributed by atoms with Gasteiger partial charge in [-0.2, -0.15) is 0 Å². The fourth-order valence-corrected chi connectivity index (χ4v) is 3.07. The predicted octanol–water partition coefficient (Wildman–Crippen LogP) is 4.44. The summed E-state index contributed by atoms with van der Waals surface area (Å²) in [6.45, 7) is 4.17. The van der Waals surface area contributed by atoms with E-state index in [1.807, 2.05) is 0 Å². The Morgan fingerprint density at radius 1 is 1.35 bits per heavy atom. The first-order chi connectivity index (χ1) is 9.19. The first-order valence-corrected chi connectivity index (χ1v) is 6.73. The van der Waals surface area contributed by atoms with Gasteiger partial charge >= 0.3 is 6.36 Å². The van der Waals surface area contributed by atoms with Crippen LogP contribution in [0.15, 0.2) is 24.3 Å². The molecule has 2 atom stereocenters. The summed E-state index contributed by atoms with van der Waals surface area (Å²) >= 11 is 0. The minimum atomic E-state index is -4.71. The van der Waals surface area contributed by atoms with E-state index in [1.54, 1.807) is 6.07 Å². The highest BCUT2D eigenvalue weighted by atomic mass is 19.4. The molecule has 20 heavy (non-hydrogen) atoms. The molecule has 1 aromatic rings. The summed E-state index contributed by atoms with van der Waals surface area (Å²) in [4.78, 5) is 0. The average molecular weight is 288 g/mol. The molecule has 0 bridgehead atoms. The Kier molecular flexibility index (Phi) is 4.00. The van der Waals surface area contributed by atoms with E-state index in [2.05, 4.69) is 18.6 Å². The quantitative estimate of drug-likeness (QED) is 0.890. The van der Waals surface area contributed by atoms with Crippen LogP contribution in [0.3, 0.4) is 0 Å². The van der Waals surface area contributed by atoms with Crippen LogP contribution in [0.4, 0.5) is 13.2 Å². The first-order valence-electron chi connectivity index (χ1n) is 6.73. The number of ether oxygens (including phenoxy) is 1. The topological polar surface area (TPSA) is 29.5 Å². The lowest BCUT2D eigenvalue weighted by Gasteiger charge is -2.31. The lowest BCUT2D eigenvalue weighted by Crippen LogP contribution is -2.24. The summed E-state index contributed by atoms with van der Waals surface area (Å²) in [6, 6.07) is 5.62.